The van der Waals surface area contributed by atoms with Crippen LogP contribution in [-0.4, -0.2) is 30.6 Å². The van der Waals surface area contributed by atoms with Crippen molar-refractivity contribution in [3.63, 3.8) is 0 Å². The lowest BCUT2D eigenvalue weighted by Crippen LogP contribution is -2.38. The van der Waals surface area contributed by atoms with E-state index in [4.69, 9.17) is 5.73 Å². The number of benzene rings is 1. The molecule has 2 nitrogen and oxygen atoms in total. The Labute approximate surface area is 111 Å². The van der Waals surface area contributed by atoms with Crippen LogP contribution >= 0.6 is 0 Å². The highest BCUT2D eigenvalue weighted by Crippen LogP contribution is 2.15. The third kappa shape index (κ3) is 3.82. The molecular formula is C16H26N2. The van der Waals surface area contributed by atoms with Gasteiger partial charge in [-0.1, -0.05) is 44.0 Å². The lowest BCUT2D eigenvalue weighted by Gasteiger charge is -2.23. The lowest BCUT2D eigenvalue weighted by atomic mass is 10.0. The third-order valence-corrected chi connectivity index (χ3v) is 3.93. The van der Waals surface area contributed by atoms with Gasteiger partial charge >= 0.3 is 0 Å². The highest BCUT2D eigenvalue weighted by Gasteiger charge is 2.15. The summed E-state index contributed by atoms with van der Waals surface area (Å²) in [5.74, 6) is 0. The van der Waals surface area contributed by atoms with Gasteiger partial charge < -0.3 is 10.6 Å². The molecule has 0 saturated heterocycles. The van der Waals surface area contributed by atoms with Crippen LogP contribution in [0.4, 0.5) is 0 Å². The van der Waals surface area contributed by atoms with E-state index in [0.29, 0.717) is 6.04 Å². The molecule has 1 aliphatic heterocycles. The van der Waals surface area contributed by atoms with Gasteiger partial charge in [0, 0.05) is 25.7 Å². The van der Waals surface area contributed by atoms with Crippen molar-refractivity contribution in [2.24, 2.45) is 5.73 Å². The second-order valence-corrected chi connectivity index (χ2v) is 5.47. The minimum Gasteiger partial charge on any atom is -0.327 e. The molecule has 0 fully saturated rings. The van der Waals surface area contributed by atoms with Gasteiger partial charge in [0.2, 0.25) is 0 Å². The predicted octanol–water partition coefficient (Wildman–Crippen LogP) is 2.60. The molecule has 0 bridgehead atoms. The minimum absolute atomic E-state index is 0.353. The maximum atomic E-state index is 6.21. The molecule has 0 saturated carbocycles. The van der Waals surface area contributed by atoms with Crippen molar-refractivity contribution in [3.8, 4) is 0 Å². The summed E-state index contributed by atoms with van der Waals surface area (Å²) in [4.78, 5) is 2.54. The number of unbranched alkanes of at least 4 members (excludes halogenated alkanes) is 1. The largest absolute Gasteiger partial charge is 0.327 e. The van der Waals surface area contributed by atoms with Crippen LogP contribution in [0.2, 0.25) is 0 Å². The van der Waals surface area contributed by atoms with Crippen LogP contribution in [0.3, 0.4) is 0 Å². The van der Waals surface area contributed by atoms with Gasteiger partial charge in [0.15, 0.2) is 0 Å². The van der Waals surface area contributed by atoms with E-state index in [1.165, 1.54) is 43.2 Å². The number of nitrogens with zero attached hydrogens (tertiary/aromatic N) is 1. The molecule has 18 heavy (non-hydrogen) atoms. The summed E-state index contributed by atoms with van der Waals surface area (Å²) in [6, 6.07) is 9.21. The quantitative estimate of drug-likeness (QED) is 0.865. The second kappa shape index (κ2) is 6.91. The summed E-state index contributed by atoms with van der Waals surface area (Å²) in [7, 11) is 0. The van der Waals surface area contributed by atoms with Crippen LogP contribution in [0.15, 0.2) is 24.3 Å². The molecule has 0 amide bonds. The van der Waals surface area contributed by atoms with Crippen LogP contribution in [0, 0.1) is 0 Å². The highest BCUT2D eigenvalue weighted by atomic mass is 15.1. The van der Waals surface area contributed by atoms with Crippen LogP contribution in [0.25, 0.3) is 0 Å². The fourth-order valence-corrected chi connectivity index (χ4v) is 2.79. The average Bonchev–Trinajstić information content (AvgIpc) is 2.59. The molecular weight excluding hydrogens is 220 g/mol. The molecule has 2 heteroatoms. The first-order valence-electron chi connectivity index (χ1n) is 7.34. The molecule has 0 spiro atoms. The van der Waals surface area contributed by atoms with E-state index in [2.05, 4.69) is 36.1 Å². The van der Waals surface area contributed by atoms with E-state index in [9.17, 15) is 0 Å². The Morgan fingerprint density at radius 2 is 1.78 bits per heavy atom. The maximum absolute atomic E-state index is 6.21. The van der Waals surface area contributed by atoms with E-state index >= 15 is 0 Å². The van der Waals surface area contributed by atoms with Crippen LogP contribution in [0.5, 0.6) is 0 Å². The third-order valence-electron chi connectivity index (χ3n) is 3.93. The van der Waals surface area contributed by atoms with E-state index in [1.54, 1.807) is 0 Å². The Morgan fingerprint density at radius 1 is 1.17 bits per heavy atom. The fourth-order valence-electron chi connectivity index (χ4n) is 2.79. The van der Waals surface area contributed by atoms with Crippen molar-refractivity contribution < 1.29 is 0 Å². The number of hydrogen-bond acceptors (Lipinski definition) is 2. The zero-order chi connectivity index (χ0) is 12.8. The predicted molar refractivity (Wildman–Crippen MR) is 77.8 cm³/mol. The summed E-state index contributed by atoms with van der Waals surface area (Å²) in [6.45, 7) is 5.62. The van der Waals surface area contributed by atoms with Gasteiger partial charge in [-0.25, -0.2) is 0 Å². The van der Waals surface area contributed by atoms with E-state index in [0.717, 1.165) is 19.6 Å². The SMILES string of the molecule is CCCCC(N)CN1CCc2ccccc2CC1. The van der Waals surface area contributed by atoms with Gasteiger partial charge in [0.1, 0.15) is 0 Å². The van der Waals surface area contributed by atoms with Crippen molar-refractivity contribution in [2.75, 3.05) is 19.6 Å². The van der Waals surface area contributed by atoms with Crippen LogP contribution in [-0.2, 0) is 12.8 Å². The van der Waals surface area contributed by atoms with Crippen LogP contribution < -0.4 is 5.73 Å². The summed E-state index contributed by atoms with van der Waals surface area (Å²) < 4.78 is 0. The van der Waals surface area contributed by atoms with E-state index in [-0.39, 0.29) is 0 Å². The topological polar surface area (TPSA) is 29.3 Å². The number of hydrogen-bond donors (Lipinski definition) is 1. The van der Waals surface area contributed by atoms with Gasteiger partial charge in [-0.05, 0) is 30.4 Å². The molecule has 1 atom stereocenters. The van der Waals surface area contributed by atoms with E-state index in [1.807, 2.05) is 0 Å². The van der Waals surface area contributed by atoms with Crippen molar-refractivity contribution in [3.05, 3.63) is 35.4 Å². The minimum atomic E-state index is 0.353. The van der Waals surface area contributed by atoms with Gasteiger partial charge in [-0.15, -0.1) is 0 Å². The Kier molecular flexibility index (Phi) is 5.21. The molecule has 0 aliphatic carbocycles. The molecule has 1 heterocycles. The Bertz CT molecular complexity index is 335. The molecule has 100 valence electrons. The summed E-state index contributed by atoms with van der Waals surface area (Å²) >= 11 is 0. The Balaban J connectivity index is 1.84. The zero-order valence-electron chi connectivity index (χ0n) is 11.6. The van der Waals surface area contributed by atoms with Gasteiger partial charge in [-0.2, -0.15) is 0 Å². The molecule has 1 aliphatic rings. The first kappa shape index (κ1) is 13.6. The molecule has 2 N–H and O–H groups in total. The smallest absolute Gasteiger partial charge is 0.0167 e. The van der Waals surface area contributed by atoms with Crippen molar-refractivity contribution in [1.29, 1.82) is 0 Å². The summed E-state index contributed by atoms with van der Waals surface area (Å²) in [5, 5.41) is 0. The van der Waals surface area contributed by atoms with Crippen molar-refractivity contribution >= 4 is 0 Å². The molecule has 0 aromatic heterocycles. The van der Waals surface area contributed by atoms with Crippen molar-refractivity contribution in [2.45, 2.75) is 45.1 Å². The number of rotatable bonds is 5. The van der Waals surface area contributed by atoms with Gasteiger partial charge in [-0.3, -0.25) is 0 Å². The second-order valence-electron chi connectivity index (χ2n) is 5.47. The first-order valence-corrected chi connectivity index (χ1v) is 7.34. The van der Waals surface area contributed by atoms with Gasteiger partial charge in [0.25, 0.3) is 0 Å². The fraction of sp³-hybridized carbons (Fsp3) is 0.625. The standard InChI is InChI=1S/C16H26N2/c1-2-3-8-16(17)13-18-11-9-14-6-4-5-7-15(14)10-12-18/h4-7,16H,2-3,8-13,17H2,1H3. The Morgan fingerprint density at radius 3 is 2.33 bits per heavy atom. The number of fused-ring (bicyclic) bond motifs is 1. The molecule has 1 unspecified atom stereocenters. The van der Waals surface area contributed by atoms with E-state index < -0.39 is 0 Å². The molecule has 1 aromatic rings. The summed E-state index contributed by atoms with van der Waals surface area (Å²) in [5.41, 5.74) is 9.26. The Hall–Kier alpha value is -0.860. The molecule has 1 aromatic carbocycles. The zero-order valence-corrected chi connectivity index (χ0v) is 11.6. The van der Waals surface area contributed by atoms with Crippen molar-refractivity contribution in [1.82, 2.24) is 4.90 Å². The highest BCUT2D eigenvalue weighted by molar-refractivity contribution is 5.28. The molecule has 2 rings (SSSR count). The molecule has 0 radical (unpaired) electrons. The maximum Gasteiger partial charge on any atom is 0.0167 e. The first-order chi connectivity index (χ1) is 8.79. The average molecular weight is 246 g/mol. The normalized spacial score (nSPS) is 18.1. The van der Waals surface area contributed by atoms with Gasteiger partial charge in [0.05, 0.1) is 0 Å². The van der Waals surface area contributed by atoms with Crippen LogP contribution in [0.1, 0.15) is 37.3 Å². The lowest BCUT2D eigenvalue weighted by molar-refractivity contribution is 0.263. The monoisotopic (exact) mass is 246 g/mol. The number of nitrogens with two attached hydrogens (primary N) is 1. The summed E-state index contributed by atoms with van der Waals surface area (Å²) in [6.07, 6.45) is 6.03.